The fraction of sp³-hybridized carbons (Fsp3) is 0.750. The zero-order valence-corrected chi connectivity index (χ0v) is 11.3. The standard InChI is InChI=1S/C12H21N5O3/c13-12(14)15-5-1-2-9-10(18)16-8(11(19)20)6-17(9)7-3-4-7/h7-9H,1-6H2,(H,16,18)(H,19,20)(H4,13,14,15)/t8-,9+/m1/s1. The number of rotatable bonds is 6. The van der Waals surface area contributed by atoms with Gasteiger partial charge in [-0.3, -0.25) is 14.7 Å². The number of carbonyl (C=O) groups excluding carboxylic acids is 1. The summed E-state index contributed by atoms with van der Waals surface area (Å²) in [5, 5.41) is 11.6. The molecule has 0 aromatic carbocycles. The van der Waals surface area contributed by atoms with E-state index in [4.69, 9.17) is 16.6 Å². The van der Waals surface area contributed by atoms with Crippen molar-refractivity contribution in [2.45, 2.75) is 43.8 Å². The Morgan fingerprint density at radius 2 is 2.15 bits per heavy atom. The second-order valence-electron chi connectivity index (χ2n) is 5.29. The summed E-state index contributed by atoms with van der Waals surface area (Å²) in [6.07, 6.45) is 3.39. The Bertz CT molecular complexity index is 417. The van der Waals surface area contributed by atoms with Gasteiger partial charge in [0.05, 0.1) is 6.04 Å². The van der Waals surface area contributed by atoms with E-state index in [0.717, 1.165) is 12.8 Å². The molecule has 0 bridgehead atoms. The third-order valence-corrected chi connectivity index (χ3v) is 3.66. The topological polar surface area (TPSA) is 134 Å². The van der Waals surface area contributed by atoms with Gasteiger partial charge in [-0.05, 0) is 25.7 Å². The lowest BCUT2D eigenvalue weighted by Gasteiger charge is -2.38. The molecule has 2 fully saturated rings. The molecule has 2 aliphatic rings. The molecule has 0 aromatic rings. The van der Waals surface area contributed by atoms with Crippen molar-refractivity contribution in [3.63, 3.8) is 0 Å². The summed E-state index contributed by atoms with van der Waals surface area (Å²) >= 11 is 0. The number of carbonyl (C=O) groups is 2. The number of nitrogens with two attached hydrogens (primary N) is 2. The minimum absolute atomic E-state index is 0.0445. The summed E-state index contributed by atoms with van der Waals surface area (Å²) in [7, 11) is 0. The van der Waals surface area contributed by atoms with Crippen molar-refractivity contribution in [2.24, 2.45) is 16.5 Å². The van der Waals surface area contributed by atoms with Gasteiger partial charge in [0, 0.05) is 19.1 Å². The van der Waals surface area contributed by atoms with E-state index in [2.05, 4.69) is 10.3 Å². The quantitative estimate of drug-likeness (QED) is 0.265. The largest absolute Gasteiger partial charge is 0.480 e. The summed E-state index contributed by atoms with van der Waals surface area (Å²) in [6.45, 7) is 0.853. The summed E-state index contributed by atoms with van der Waals surface area (Å²) in [5.74, 6) is -1.15. The zero-order chi connectivity index (χ0) is 14.7. The number of guanidine groups is 1. The highest BCUT2D eigenvalue weighted by Crippen LogP contribution is 2.31. The molecule has 0 unspecified atom stereocenters. The number of aliphatic carboxylic acids is 1. The third kappa shape index (κ3) is 3.60. The monoisotopic (exact) mass is 283 g/mol. The first-order valence-electron chi connectivity index (χ1n) is 6.83. The maximum absolute atomic E-state index is 12.1. The third-order valence-electron chi connectivity index (χ3n) is 3.66. The van der Waals surface area contributed by atoms with Gasteiger partial charge < -0.3 is 21.9 Å². The van der Waals surface area contributed by atoms with E-state index in [1.807, 2.05) is 4.90 Å². The molecule has 1 aliphatic carbocycles. The van der Waals surface area contributed by atoms with Crippen LogP contribution in [0.3, 0.4) is 0 Å². The highest BCUT2D eigenvalue weighted by molar-refractivity contribution is 5.88. The molecule has 112 valence electrons. The minimum Gasteiger partial charge on any atom is -0.480 e. The van der Waals surface area contributed by atoms with Crippen LogP contribution in [0, 0.1) is 0 Å². The van der Waals surface area contributed by atoms with Gasteiger partial charge in [0.2, 0.25) is 5.91 Å². The van der Waals surface area contributed by atoms with Gasteiger partial charge in [-0.1, -0.05) is 0 Å². The van der Waals surface area contributed by atoms with Crippen molar-refractivity contribution in [1.82, 2.24) is 10.2 Å². The molecule has 8 heteroatoms. The molecule has 1 saturated heterocycles. The molecular formula is C12H21N5O3. The lowest BCUT2D eigenvalue weighted by molar-refractivity contribution is -0.147. The molecule has 0 spiro atoms. The highest BCUT2D eigenvalue weighted by atomic mass is 16.4. The van der Waals surface area contributed by atoms with E-state index in [9.17, 15) is 9.59 Å². The molecule has 1 amide bonds. The van der Waals surface area contributed by atoms with E-state index in [0.29, 0.717) is 32.0 Å². The molecule has 0 aromatic heterocycles. The number of hydrogen-bond acceptors (Lipinski definition) is 4. The van der Waals surface area contributed by atoms with Crippen LogP contribution in [-0.4, -0.2) is 59.1 Å². The maximum atomic E-state index is 12.1. The van der Waals surface area contributed by atoms with Gasteiger partial charge in [-0.25, -0.2) is 4.79 Å². The number of aliphatic imine (C=N–C) groups is 1. The van der Waals surface area contributed by atoms with Crippen LogP contribution in [0.4, 0.5) is 0 Å². The number of piperazine rings is 1. The molecule has 2 atom stereocenters. The highest BCUT2D eigenvalue weighted by Gasteiger charge is 2.43. The first kappa shape index (κ1) is 14.6. The van der Waals surface area contributed by atoms with Crippen molar-refractivity contribution in [2.75, 3.05) is 13.1 Å². The average molecular weight is 283 g/mol. The predicted octanol–water partition coefficient (Wildman–Crippen LogP) is -1.54. The van der Waals surface area contributed by atoms with E-state index in [1.165, 1.54) is 0 Å². The smallest absolute Gasteiger partial charge is 0.327 e. The van der Waals surface area contributed by atoms with Gasteiger partial charge in [0.15, 0.2) is 5.96 Å². The average Bonchev–Trinajstić information content (AvgIpc) is 3.19. The summed E-state index contributed by atoms with van der Waals surface area (Å²) in [5.41, 5.74) is 10.5. The molecular weight excluding hydrogens is 262 g/mol. The van der Waals surface area contributed by atoms with Crippen LogP contribution in [0.25, 0.3) is 0 Å². The Kier molecular flexibility index (Phi) is 4.43. The van der Waals surface area contributed by atoms with Crippen LogP contribution >= 0.6 is 0 Å². The normalized spacial score (nSPS) is 26.9. The number of hydrogen-bond donors (Lipinski definition) is 4. The minimum atomic E-state index is -0.983. The van der Waals surface area contributed by atoms with Gasteiger partial charge in [-0.15, -0.1) is 0 Å². The number of nitrogens with one attached hydrogen (secondary N) is 1. The van der Waals surface area contributed by atoms with Crippen LogP contribution in [0.1, 0.15) is 25.7 Å². The first-order valence-corrected chi connectivity index (χ1v) is 6.83. The van der Waals surface area contributed by atoms with E-state index in [-0.39, 0.29) is 17.9 Å². The molecule has 1 aliphatic heterocycles. The molecule has 1 saturated carbocycles. The van der Waals surface area contributed by atoms with Crippen molar-refractivity contribution in [3.05, 3.63) is 0 Å². The molecule has 8 nitrogen and oxygen atoms in total. The SMILES string of the molecule is NC(N)=NCCC[C@H]1C(=O)N[C@@H](C(=O)O)CN1C1CC1. The van der Waals surface area contributed by atoms with Crippen molar-refractivity contribution >= 4 is 17.8 Å². The second kappa shape index (κ2) is 6.08. The number of carboxylic acids is 1. The predicted molar refractivity (Wildman–Crippen MR) is 73.0 cm³/mol. The second-order valence-corrected chi connectivity index (χ2v) is 5.29. The van der Waals surface area contributed by atoms with E-state index < -0.39 is 12.0 Å². The van der Waals surface area contributed by atoms with E-state index >= 15 is 0 Å². The van der Waals surface area contributed by atoms with Gasteiger partial charge in [0.1, 0.15) is 6.04 Å². The number of carboxylic acid groups (broad SMARTS) is 1. The Hall–Kier alpha value is -1.83. The summed E-state index contributed by atoms with van der Waals surface area (Å²) in [6, 6.07) is -0.736. The fourth-order valence-corrected chi connectivity index (χ4v) is 2.54. The number of nitrogens with zero attached hydrogens (tertiary/aromatic N) is 2. The summed E-state index contributed by atoms with van der Waals surface area (Å²) in [4.78, 5) is 29.0. The molecule has 6 N–H and O–H groups in total. The van der Waals surface area contributed by atoms with Crippen LogP contribution in [-0.2, 0) is 9.59 Å². The van der Waals surface area contributed by atoms with Crippen molar-refractivity contribution in [1.29, 1.82) is 0 Å². The molecule has 0 radical (unpaired) electrons. The number of amides is 1. The summed E-state index contributed by atoms with van der Waals surface area (Å²) < 4.78 is 0. The fourth-order valence-electron chi connectivity index (χ4n) is 2.54. The Labute approximate surface area is 117 Å². The molecule has 2 rings (SSSR count). The van der Waals surface area contributed by atoms with Crippen LogP contribution in [0.5, 0.6) is 0 Å². The van der Waals surface area contributed by atoms with Gasteiger partial charge in [-0.2, -0.15) is 0 Å². The van der Waals surface area contributed by atoms with Gasteiger partial charge in [0.25, 0.3) is 0 Å². The Morgan fingerprint density at radius 1 is 1.45 bits per heavy atom. The zero-order valence-electron chi connectivity index (χ0n) is 11.3. The lowest BCUT2D eigenvalue weighted by Crippen LogP contribution is -2.62. The maximum Gasteiger partial charge on any atom is 0.327 e. The first-order chi connectivity index (χ1) is 9.49. The van der Waals surface area contributed by atoms with Crippen molar-refractivity contribution < 1.29 is 14.7 Å². The Balaban J connectivity index is 1.93. The Morgan fingerprint density at radius 3 is 2.70 bits per heavy atom. The van der Waals surface area contributed by atoms with Gasteiger partial charge >= 0.3 is 5.97 Å². The van der Waals surface area contributed by atoms with Crippen LogP contribution < -0.4 is 16.8 Å². The molecule has 1 heterocycles. The van der Waals surface area contributed by atoms with Crippen LogP contribution in [0.2, 0.25) is 0 Å². The lowest BCUT2D eigenvalue weighted by atomic mass is 10.0. The van der Waals surface area contributed by atoms with Crippen LogP contribution in [0.15, 0.2) is 4.99 Å². The van der Waals surface area contributed by atoms with E-state index in [1.54, 1.807) is 0 Å². The molecule has 20 heavy (non-hydrogen) atoms. The van der Waals surface area contributed by atoms with Crippen molar-refractivity contribution in [3.8, 4) is 0 Å².